The molecule has 0 atom stereocenters. The van der Waals surface area contributed by atoms with E-state index in [-0.39, 0.29) is 11.7 Å². The van der Waals surface area contributed by atoms with Gasteiger partial charge in [-0.2, -0.15) is 0 Å². The van der Waals surface area contributed by atoms with Crippen LogP contribution in [-0.2, 0) is 0 Å². The minimum absolute atomic E-state index is 0.227. The highest BCUT2D eigenvalue weighted by atomic mass is 16.6. The van der Waals surface area contributed by atoms with Crippen molar-refractivity contribution in [2.45, 2.75) is 0 Å². The fourth-order valence-electron chi connectivity index (χ4n) is 2.11. The number of nitrogens with one attached hydrogen (secondary N) is 1. The molecule has 124 valence electrons. The van der Waals surface area contributed by atoms with Crippen molar-refractivity contribution < 1.29 is 14.5 Å². The van der Waals surface area contributed by atoms with Gasteiger partial charge in [-0.05, 0) is 40.2 Å². The Hall–Kier alpha value is -3.74. The highest BCUT2D eigenvalue weighted by molar-refractivity contribution is 6.04. The summed E-state index contributed by atoms with van der Waals surface area (Å²) in [7, 11) is 0. The molecule has 7 heteroatoms. The highest BCUT2D eigenvalue weighted by Crippen LogP contribution is 2.24. The molecular formula is C18H13N3O4. The van der Waals surface area contributed by atoms with Crippen LogP contribution in [0.5, 0.6) is 11.5 Å². The average molecular weight is 335 g/mol. The molecule has 0 unspecified atom stereocenters. The maximum Gasteiger partial charge on any atom is 0.363 e. The Labute approximate surface area is 143 Å². The Balaban J connectivity index is 1.71. The number of pyridine rings is 1. The lowest BCUT2D eigenvalue weighted by Crippen LogP contribution is -2.11. The number of carbonyl (C=O) groups is 1. The smallest absolute Gasteiger partial charge is 0.363 e. The van der Waals surface area contributed by atoms with Crippen LogP contribution in [0.4, 0.5) is 11.5 Å². The number of hydrogen-bond acceptors (Lipinski definition) is 5. The van der Waals surface area contributed by atoms with Gasteiger partial charge in [0.05, 0.1) is 0 Å². The molecule has 0 fully saturated rings. The average Bonchev–Trinajstić information content (AvgIpc) is 2.63. The molecule has 3 aromatic rings. The molecule has 1 aromatic heterocycles. The van der Waals surface area contributed by atoms with E-state index < -0.39 is 4.92 Å². The Bertz CT molecular complexity index is 896. The van der Waals surface area contributed by atoms with Crippen LogP contribution in [0.1, 0.15) is 10.4 Å². The topological polar surface area (TPSA) is 94.4 Å². The van der Waals surface area contributed by atoms with Gasteiger partial charge < -0.3 is 20.2 Å². The second-order valence-electron chi connectivity index (χ2n) is 5.06. The number of nitrogens with zero attached hydrogens (tertiary/aromatic N) is 2. The van der Waals surface area contributed by atoms with E-state index in [9.17, 15) is 14.9 Å². The van der Waals surface area contributed by atoms with Crippen LogP contribution >= 0.6 is 0 Å². The van der Waals surface area contributed by atoms with Crippen molar-refractivity contribution in [3.63, 3.8) is 0 Å². The Morgan fingerprint density at radius 1 is 1.00 bits per heavy atom. The molecule has 0 radical (unpaired) electrons. The van der Waals surface area contributed by atoms with Crippen molar-refractivity contribution >= 4 is 17.4 Å². The monoisotopic (exact) mass is 335 g/mol. The molecule has 0 aliphatic rings. The normalized spacial score (nSPS) is 10.1. The van der Waals surface area contributed by atoms with Gasteiger partial charge in [-0.3, -0.25) is 4.79 Å². The van der Waals surface area contributed by atoms with Crippen LogP contribution < -0.4 is 10.1 Å². The predicted molar refractivity (Wildman–Crippen MR) is 91.8 cm³/mol. The first-order valence-electron chi connectivity index (χ1n) is 7.36. The van der Waals surface area contributed by atoms with Gasteiger partial charge in [0.1, 0.15) is 5.75 Å². The molecule has 0 spiro atoms. The zero-order valence-electron chi connectivity index (χ0n) is 13.0. The van der Waals surface area contributed by atoms with E-state index >= 15 is 0 Å². The molecule has 3 rings (SSSR count). The molecule has 0 saturated carbocycles. The molecular weight excluding hydrogens is 322 g/mol. The third kappa shape index (κ3) is 4.17. The molecule has 0 aliphatic carbocycles. The number of ether oxygens (including phenoxy) is 1. The third-order valence-corrected chi connectivity index (χ3v) is 3.27. The van der Waals surface area contributed by atoms with Crippen molar-refractivity contribution in [2.75, 3.05) is 5.32 Å². The summed E-state index contributed by atoms with van der Waals surface area (Å²) in [6, 6.07) is 18.4. The largest absolute Gasteiger partial charge is 0.453 e. The van der Waals surface area contributed by atoms with Crippen molar-refractivity contribution in [2.24, 2.45) is 0 Å². The maximum absolute atomic E-state index is 12.2. The SMILES string of the molecule is O=C(Nc1cccc(Oc2ccc([N+](=O)[O-])nc2)c1)c1ccccc1. The number of carbonyl (C=O) groups excluding carboxylic acids is 1. The van der Waals surface area contributed by atoms with Crippen molar-refractivity contribution in [1.82, 2.24) is 4.98 Å². The minimum Gasteiger partial charge on any atom is -0.453 e. The Morgan fingerprint density at radius 3 is 2.48 bits per heavy atom. The summed E-state index contributed by atoms with van der Waals surface area (Å²) in [5.74, 6) is 0.352. The zero-order chi connectivity index (χ0) is 17.6. The zero-order valence-corrected chi connectivity index (χ0v) is 13.0. The predicted octanol–water partition coefficient (Wildman–Crippen LogP) is 4.03. The summed E-state index contributed by atoms with van der Waals surface area (Å²) in [4.78, 5) is 25.9. The van der Waals surface area contributed by atoms with E-state index in [1.54, 1.807) is 48.5 Å². The molecule has 25 heavy (non-hydrogen) atoms. The first kappa shape index (κ1) is 16.1. The first-order valence-corrected chi connectivity index (χ1v) is 7.36. The van der Waals surface area contributed by atoms with Crippen LogP contribution in [0.3, 0.4) is 0 Å². The van der Waals surface area contributed by atoms with E-state index in [4.69, 9.17) is 4.74 Å². The minimum atomic E-state index is -0.580. The van der Waals surface area contributed by atoms with Crippen LogP contribution in [0.25, 0.3) is 0 Å². The van der Waals surface area contributed by atoms with E-state index in [2.05, 4.69) is 10.3 Å². The standard InChI is InChI=1S/C18H13N3O4/c22-18(13-5-2-1-3-6-13)20-14-7-4-8-15(11-14)25-16-9-10-17(19-12-16)21(23)24/h1-12H,(H,20,22). The van der Waals surface area contributed by atoms with Gasteiger partial charge in [0.2, 0.25) is 0 Å². The van der Waals surface area contributed by atoms with Crippen LogP contribution in [0, 0.1) is 10.1 Å². The van der Waals surface area contributed by atoms with E-state index in [0.29, 0.717) is 22.7 Å². The second-order valence-corrected chi connectivity index (χ2v) is 5.06. The summed E-state index contributed by atoms with van der Waals surface area (Å²) in [5, 5.41) is 13.4. The molecule has 0 aliphatic heterocycles. The molecule has 1 heterocycles. The lowest BCUT2D eigenvalue weighted by Gasteiger charge is -2.08. The third-order valence-electron chi connectivity index (χ3n) is 3.27. The molecule has 2 aromatic carbocycles. The number of rotatable bonds is 5. The van der Waals surface area contributed by atoms with E-state index in [1.807, 2.05) is 6.07 Å². The molecule has 0 saturated heterocycles. The van der Waals surface area contributed by atoms with Gasteiger partial charge in [-0.25, -0.2) is 0 Å². The Kier molecular flexibility index (Phi) is 4.66. The van der Waals surface area contributed by atoms with Crippen molar-refractivity contribution in [3.05, 3.63) is 88.6 Å². The lowest BCUT2D eigenvalue weighted by atomic mass is 10.2. The van der Waals surface area contributed by atoms with Crippen molar-refractivity contribution in [3.8, 4) is 11.5 Å². The second kappa shape index (κ2) is 7.22. The van der Waals surface area contributed by atoms with Gasteiger partial charge in [0.25, 0.3) is 5.91 Å². The number of aromatic nitrogens is 1. The fourth-order valence-corrected chi connectivity index (χ4v) is 2.11. The molecule has 7 nitrogen and oxygen atoms in total. The number of benzene rings is 2. The summed E-state index contributed by atoms with van der Waals surface area (Å²) in [6.45, 7) is 0. The summed E-state index contributed by atoms with van der Waals surface area (Å²) in [6.07, 6.45) is 1.27. The van der Waals surface area contributed by atoms with E-state index in [0.717, 1.165) is 0 Å². The van der Waals surface area contributed by atoms with E-state index in [1.165, 1.54) is 18.3 Å². The number of amides is 1. The molecule has 1 N–H and O–H groups in total. The number of anilines is 1. The maximum atomic E-state index is 12.2. The number of hydrogen-bond donors (Lipinski definition) is 1. The highest BCUT2D eigenvalue weighted by Gasteiger charge is 2.09. The summed E-state index contributed by atoms with van der Waals surface area (Å²) < 4.78 is 5.60. The van der Waals surface area contributed by atoms with Gasteiger partial charge >= 0.3 is 5.82 Å². The summed E-state index contributed by atoms with van der Waals surface area (Å²) >= 11 is 0. The van der Waals surface area contributed by atoms with Crippen LogP contribution in [0.2, 0.25) is 0 Å². The quantitative estimate of drug-likeness (QED) is 0.561. The first-order chi connectivity index (χ1) is 12.1. The molecule has 0 bridgehead atoms. The van der Waals surface area contributed by atoms with Gasteiger partial charge in [0, 0.05) is 23.4 Å². The van der Waals surface area contributed by atoms with Gasteiger partial charge in [0.15, 0.2) is 11.9 Å². The van der Waals surface area contributed by atoms with Crippen LogP contribution in [-0.4, -0.2) is 15.8 Å². The van der Waals surface area contributed by atoms with Crippen LogP contribution in [0.15, 0.2) is 72.9 Å². The van der Waals surface area contributed by atoms with Crippen molar-refractivity contribution in [1.29, 1.82) is 0 Å². The summed E-state index contributed by atoms with van der Waals surface area (Å²) in [5.41, 5.74) is 1.12. The fraction of sp³-hybridized carbons (Fsp3) is 0. The molecule has 1 amide bonds. The Morgan fingerprint density at radius 2 is 1.80 bits per heavy atom. The lowest BCUT2D eigenvalue weighted by molar-refractivity contribution is -0.389. The van der Waals surface area contributed by atoms with Gasteiger partial charge in [-0.1, -0.05) is 24.3 Å². The number of nitro groups is 1. The van der Waals surface area contributed by atoms with Gasteiger partial charge in [-0.15, -0.1) is 0 Å².